The normalized spacial score (nSPS) is 11.7. The van der Waals surface area contributed by atoms with Gasteiger partial charge in [-0.1, -0.05) is 24.3 Å². The number of carbonyl (C=O) groups is 2. The van der Waals surface area contributed by atoms with Crippen LogP contribution in [0.15, 0.2) is 41.1 Å². The largest absolute Gasteiger partial charge is 0.352 e. The van der Waals surface area contributed by atoms with Gasteiger partial charge >= 0.3 is 0 Å². The average molecular weight is 316 g/mol. The second-order valence-electron chi connectivity index (χ2n) is 5.29. The third kappa shape index (κ3) is 4.70. The predicted molar refractivity (Wildman–Crippen MR) is 89.1 cm³/mol. The van der Waals surface area contributed by atoms with Crippen molar-refractivity contribution in [2.24, 2.45) is 0 Å². The van der Waals surface area contributed by atoms with Gasteiger partial charge in [0, 0.05) is 17.0 Å². The summed E-state index contributed by atoms with van der Waals surface area (Å²) in [7, 11) is 0. The second-order valence-corrected chi connectivity index (χ2v) is 6.07. The summed E-state index contributed by atoms with van der Waals surface area (Å²) in [5.74, 6) is -0.396. The van der Waals surface area contributed by atoms with Crippen molar-refractivity contribution in [1.82, 2.24) is 10.6 Å². The highest BCUT2D eigenvalue weighted by atomic mass is 32.1. The molecular weight excluding hydrogens is 296 g/mol. The van der Waals surface area contributed by atoms with Crippen molar-refractivity contribution in [2.45, 2.75) is 26.3 Å². The Morgan fingerprint density at radius 2 is 2.00 bits per heavy atom. The molecule has 0 bridgehead atoms. The van der Waals surface area contributed by atoms with Crippen molar-refractivity contribution in [2.75, 3.05) is 6.54 Å². The molecule has 22 heavy (non-hydrogen) atoms. The monoisotopic (exact) mass is 316 g/mol. The number of nitrogens with one attached hydrogen (secondary N) is 2. The van der Waals surface area contributed by atoms with Crippen LogP contribution in [0.25, 0.3) is 0 Å². The van der Waals surface area contributed by atoms with Gasteiger partial charge in [-0.3, -0.25) is 9.59 Å². The van der Waals surface area contributed by atoms with E-state index >= 15 is 0 Å². The van der Waals surface area contributed by atoms with Gasteiger partial charge in [0.05, 0.1) is 6.54 Å². The minimum absolute atomic E-state index is 0.00715. The van der Waals surface area contributed by atoms with Gasteiger partial charge < -0.3 is 10.6 Å². The van der Waals surface area contributed by atoms with Crippen molar-refractivity contribution < 1.29 is 9.59 Å². The maximum absolute atomic E-state index is 11.9. The molecule has 0 aliphatic carbocycles. The molecule has 2 aromatic rings. The van der Waals surface area contributed by atoms with Crippen molar-refractivity contribution >= 4 is 23.2 Å². The Bertz CT molecular complexity index is 638. The van der Waals surface area contributed by atoms with Gasteiger partial charge in [0.15, 0.2) is 0 Å². The zero-order valence-electron chi connectivity index (χ0n) is 12.8. The molecule has 5 heteroatoms. The average Bonchev–Trinajstić information content (AvgIpc) is 3.01. The molecule has 2 rings (SSSR count). The van der Waals surface area contributed by atoms with Crippen LogP contribution in [0, 0.1) is 6.92 Å². The Morgan fingerprint density at radius 1 is 1.23 bits per heavy atom. The molecule has 0 aliphatic heterocycles. The van der Waals surface area contributed by atoms with Crippen LogP contribution in [0.1, 0.15) is 28.4 Å². The summed E-state index contributed by atoms with van der Waals surface area (Å²) in [5.41, 5.74) is 3.03. The third-order valence-electron chi connectivity index (χ3n) is 3.39. The maximum Gasteiger partial charge on any atom is 0.252 e. The topological polar surface area (TPSA) is 58.2 Å². The van der Waals surface area contributed by atoms with Gasteiger partial charge in [0.1, 0.15) is 0 Å². The number of aryl methyl sites for hydroxylation is 1. The lowest BCUT2D eigenvalue weighted by molar-refractivity contribution is -0.120. The van der Waals surface area contributed by atoms with Gasteiger partial charge in [-0.25, -0.2) is 0 Å². The van der Waals surface area contributed by atoms with E-state index in [0.717, 1.165) is 6.42 Å². The smallest absolute Gasteiger partial charge is 0.252 e. The number of benzene rings is 1. The maximum atomic E-state index is 11.9. The van der Waals surface area contributed by atoms with Crippen LogP contribution < -0.4 is 10.6 Å². The van der Waals surface area contributed by atoms with Crippen molar-refractivity contribution in [1.29, 1.82) is 0 Å². The lowest BCUT2D eigenvalue weighted by atomic mass is 10.0. The van der Waals surface area contributed by atoms with Crippen LogP contribution in [0.2, 0.25) is 0 Å². The fourth-order valence-electron chi connectivity index (χ4n) is 2.20. The zero-order valence-corrected chi connectivity index (χ0v) is 13.6. The third-order valence-corrected chi connectivity index (χ3v) is 4.07. The van der Waals surface area contributed by atoms with Gasteiger partial charge in [-0.2, -0.15) is 11.3 Å². The Kier molecular flexibility index (Phi) is 5.72. The van der Waals surface area contributed by atoms with Crippen LogP contribution >= 0.6 is 11.3 Å². The number of hydrogen-bond acceptors (Lipinski definition) is 3. The fraction of sp³-hybridized carbons (Fsp3) is 0.294. The summed E-state index contributed by atoms with van der Waals surface area (Å²) < 4.78 is 0. The van der Waals surface area contributed by atoms with E-state index in [-0.39, 0.29) is 24.4 Å². The fourth-order valence-corrected chi connectivity index (χ4v) is 2.84. The highest BCUT2D eigenvalue weighted by molar-refractivity contribution is 7.08. The molecule has 0 spiro atoms. The van der Waals surface area contributed by atoms with Crippen LogP contribution in [-0.4, -0.2) is 24.4 Å². The number of thiophene rings is 1. The summed E-state index contributed by atoms with van der Waals surface area (Å²) in [6, 6.07) is 9.88. The van der Waals surface area contributed by atoms with Gasteiger partial charge in [0.25, 0.3) is 5.91 Å². The molecule has 1 aromatic heterocycles. The summed E-state index contributed by atoms with van der Waals surface area (Å²) in [6.45, 7) is 4.02. The molecule has 116 valence electrons. The Morgan fingerprint density at radius 3 is 2.68 bits per heavy atom. The molecule has 0 saturated heterocycles. The van der Waals surface area contributed by atoms with Gasteiger partial charge in [0.2, 0.25) is 5.91 Å². The summed E-state index contributed by atoms with van der Waals surface area (Å²) in [4.78, 5) is 23.6. The molecular formula is C17H20N2O2S. The molecule has 2 amide bonds. The molecule has 1 atom stereocenters. The van der Waals surface area contributed by atoms with E-state index in [1.54, 1.807) is 11.4 Å². The van der Waals surface area contributed by atoms with Crippen LogP contribution in [0.3, 0.4) is 0 Å². The quantitative estimate of drug-likeness (QED) is 0.860. The van der Waals surface area contributed by atoms with E-state index in [9.17, 15) is 9.59 Å². The molecule has 0 unspecified atom stereocenters. The van der Waals surface area contributed by atoms with Crippen molar-refractivity contribution in [3.63, 3.8) is 0 Å². The van der Waals surface area contributed by atoms with Crippen LogP contribution in [0.4, 0.5) is 0 Å². The molecule has 0 fully saturated rings. The van der Waals surface area contributed by atoms with Crippen LogP contribution in [-0.2, 0) is 11.2 Å². The van der Waals surface area contributed by atoms with E-state index in [2.05, 4.69) is 29.7 Å². The van der Waals surface area contributed by atoms with E-state index in [0.29, 0.717) is 5.56 Å². The predicted octanol–water partition coefficient (Wildman–Crippen LogP) is 2.53. The first-order valence-electron chi connectivity index (χ1n) is 7.20. The number of hydrogen-bond donors (Lipinski definition) is 2. The molecule has 1 heterocycles. The Balaban J connectivity index is 1.77. The first-order valence-corrected chi connectivity index (χ1v) is 8.15. The molecule has 0 aliphatic rings. The first kappa shape index (κ1) is 16.2. The minimum atomic E-state index is -0.219. The number of rotatable bonds is 6. The SMILES string of the molecule is Cc1ccccc1C[C@@H](C)NC(=O)CNC(=O)c1ccsc1. The minimum Gasteiger partial charge on any atom is -0.352 e. The lowest BCUT2D eigenvalue weighted by Gasteiger charge is -2.15. The zero-order chi connectivity index (χ0) is 15.9. The summed E-state index contributed by atoms with van der Waals surface area (Å²) in [5, 5.41) is 9.12. The summed E-state index contributed by atoms with van der Waals surface area (Å²) >= 11 is 1.45. The van der Waals surface area contributed by atoms with Crippen molar-refractivity contribution in [3.8, 4) is 0 Å². The van der Waals surface area contributed by atoms with E-state index in [1.165, 1.54) is 22.5 Å². The van der Waals surface area contributed by atoms with Crippen LogP contribution in [0.5, 0.6) is 0 Å². The highest BCUT2D eigenvalue weighted by Crippen LogP contribution is 2.09. The standard InChI is InChI=1S/C17H20N2O2S/c1-12-5-3-4-6-14(12)9-13(2)19-16(20)10-18-17(21)15-7-8-22-11-15/h3-8,11,13H,9-10H2,1-2H3,(H,18,21)(H,19,20)/t13-/m1/s1. The van der Waals surface area contributed by atoms with Crippen molar-refractivity contribution in [3.05, 3.63) is 57.8 Å². The van der Waals surface area contributed by atoms with E-state index in [1.807, 2.05) is 24.4 Å². The molecule has 0 saturated carbocycles. The highest BCUT2D eigenvalue weighted by Gasteiger charge is 2.11. The second kappa shape index (κ2) is 7.75. The Hall–Kier alpha value is -2.14. The first-order chi connectivity index (χ1) is 10.6. The summed E-state index contributed by atoms with van der Waals surface area (Å²) in [6.07, 6.45) is 0.775. The number of amides is 2. The molecule has 4 nitrogen and oxygen atoms in total. The molecule has 1 aromatic carbocycles. The van der Waals surface area contributed by atoms with Gasteiger partial charge in [-0.05, 0) is 42.8 Å². The van der Waals surface area contributed by atoms with E-state index in [4.69, 9.17) is 0 Å². The van der Waals surface area contributed by atoms with Gasteiger partial charge in [-0.15, -0.1) is 0 Å². The lowest BCUT2D eigenvalue weighted by Crippen LogP contribution is -2.41. The number of carbonyl (C=O) groups excluding carboxylic acids is 2. The van der Waals surface area contributed by atoms with E-state index < -0.39 is 0 Å². The Labute approximate surface area is 134 Å². The molecule has 2 N–H and O–H groups in total. The molecule has 0 radical (unpaired) electrons.